The van der Waals surface area contributed by atoms with E-state index in [0.717, 1.165) is 27.6 Å². The van der Waals surface area contributed by atoms with E-state index in [1.54, 1.807) is 23.9 Å². The number of methoxy groups -OCH3 is 1. The molecule has 2 heterocycles. The van der Waals surface area contributed by atoms with Crippen LogP contribution in [-0.2, 0) is 10.5 Å². The summed E-state index contributed by atoms with van der Waals surface area (Å²) in [5.74, 6) is 0.415. The molecule has 0 atom stereocenters. The lowest BCUT2D eigenvalue weighted by Crippen LogP contribution is -2.00. The number of para-hydroxylation sites is 1. The monoisotopic (exact) mass is 377 g/mol. The van der Waals surface area contributed by atoms with Gasteiger partial charge in [-0.3, -0.25) is 4.40 Å². The average Bonchev–Trinajstić information content (AvgIpc) is 3.09. The Morgan fingerprint density at radius 2 is 1.85 bits per heavy atom. The first-order valence-electron chi connectivity index (χ1n) is 8.62. The predicted octanol–water partition coefficient (Wildman–Crippen LogP) is 4.58. The number of aryl methyl sites for hydroxylation is 2. The lowest BCUT2D eigenvalue weighted by atomic mass is 10.1. The summed E-state index contributed by atoms with van der Waals surface area (Å²) >= 11 is 1.63. The molecule has 5 nitrogen and oxygen atoms in total. The zero-order valence-corrected chi connectivity index (χ0v) is 16.2. The fraction of sp³-hybridized carbons (Fsp3) is 0.190. The first-order valence-corrected chi connectivity index (χ1v) is 9.61. The van der Waals surface area contributed by atoms with Crippen LogP contribution in [0.1, 0.15) is 27.0 Å². The first kappa shape index (κ1) is 17.5. The van der Waals surface area contributed by atoms with Crippen LogP contribution in [0.2, 0.25) is 0 Å². The van der Waals surface area contributed by atoms with Gasteiger partial charge in [0, 0.05) is 11.1 Å². The highest BCUT2D eigenvalue weighted by molar-refractivity contribution is 7.98. The fourth-order valence-corrected chi connectivity index (χ4v) is 4.13. The number of hydrogen-bond acceptors (Lipinski definition) is 5. The third-order valence-electron chi connectivity index (χ3n) is 4.63. The van der Waals surface area contributed by atoms with Crippen molar-refractivity contribution >= 4 is 34.3 Å². The maximum absolute atomic E-state index is 11.6. The number of rotatable bonds is 4. The van der Waals surface area contributed by atoms with Crippen LogP contribution in [0.25, 0.3) is 16.6 Å². The Bertz CT molecular complexity index is 1150. The van der Waals surface area contributed by atoms with E-state index in [9.17, 15) is 4.79 Å². The van der Waals surface area contributed by atoms with Gasteiger partial charge in [0.05, 0.1) is 18.2 Å². The highest BCUT2D eigenvalue weighted by atomic mass is 32.2. The maximum atomic E-state index is 11.6. The van der Waals surface area contributed by atoms with Gasteiger partial charge in [0.1, 0.15) is 0 Å². The molecule has 0 unspecified atom stereocenters. The van der Waals surface area contributed by atoms with E-state index in [1.807, 2.05) is 12.1 Å². The van der Waals surface area contributed by atoms with Crippen molar-refractivity contribution in [1.29, 1.82) is 0 Å². The Morgan fingerprint density at radius 1 is 1.07 bits per heavy atom. The third kappa shape index (κ3) is 3.17. The van der Waals surface area contributed by atoms with Gasteiger partial charge >= 0.3 is 5.97 Å². The minimum absolute atomic E-state index is 0.324. The Hall–Kier alpha value is -2.86. The van der Waals surface area contributed by atoms with Crippen LogP contribution in [0.4, 0.5) is 0 Å². The topological polar surface area (TPSA) is 56.5 Å². The minimum Gasteiger partial charge on any atom is -0.465 e. The number of aromatic nitrogens is 3. The number of carbonyl (C=O) groups excluding carboxylic acids is 1. The average molecular weight is 377 g/mol. The number of thioether (sulfide) groups is 1. The van der Waals surface area contributed by atoms with E-state index < -0.39 is 0 Å². The van der Waals surface area contributed by atoms with Crippen molar-refractivity contribution in [1.82, 2.24) is 14.6 Å². The summed E-state index contributed by atoms with van der Waals surface area (Å²) in [4.78, 5) is 11.6. The molecule has 0 N–H and O–H groups in total. The van der Waals surface area contributed by atoms with E-state index in [2.05, 4.69) is 52.7 Å². The predicted molar refractivity (Wildman–Crippen MR) is 107 cm³/mol. The highest BCUT2D eigenvalue weighted by Gasteiger charge is 2.13. The van der Waals surface area contributed by atoms with Gasteiger partial charge in [-0.25, -0.2) is 4.79 Å². The second kappa shape index (κ2) is 7.04. The van der Waals surface area contributed by atoms with Gasteiger partial charge in [-0.15, -0.1) is 10.2 Å². The zero-order chi connectivity index (χ0) is 19.0. The molecule has 136 valence electrons. The largest absolute Gasteiger partial charge is 0.465 e. The molecular weight excluding hydrogens is 358 g/mol. The van der Waals surface area contributed by atoms with Gasteiger partial charge in [-0.05, 0) is 48.7 Å². The summed E-state index contributed by atoms with van der Waals surface area (Å²) in [5.41, 5.74) is 6.07. The van der Waals surface area contributed by atoms with E-state index >= 15 is 0 Å². The standard InChI is InChI=1S/C21H19N3O2S/c1-13-5-4-6-17-14(2)11-18-22-23-21(24(18)19(13)17)27-12-15-7-9-16(10-8-15)20(25)26-3/h4-11H,12H2,1-3H3. The Labute approximate surface area is 161 Å². The number of esters is 1. The molecule has 0 bridgehead atoms. The van der Waals surface area contributed by atoms with Gasteiger partial charge in [-0.2, -0.15) is 0 Å². The number of benzene rings is 2. The summed E-state index contributed by atoms with van der Waals surface area (Å²) in [6, 6.07) is 15.9. The van der Waals surface area contributed by atoms with Crippen molar-refractivity contribution in [3.8, 4) is 0 Å². The molecule has 0 radical (unpaired) electrons. The SMILES string of the molecule is COC(=O)c1ccc(CSc2nnc3cc(C)c4cccc(C)c4n23)cc1. The van der Waals surface area contributed by atoms with Gasteiger partial charge < -0.3 is 4.74 Å². The van der Waals surface area contributed by atoms with Gasteiger partial charge in [0.15, 0.2) is 10.8 Å². The minimum atomic E-state index is -0.324. The number of carbonyl (C=O) groups is 1. The van der Waals surface area contributed by atoms with Crippen molar-refractivity contribution in [3.63, 3.8) is 0 Å². The van der Waals surface area contributed by atoms with Crippen LogP contribution in [0, 0.1) is 13.8 Å². The van der Waals surface area contributed by atoms with Crippen molar-refractivity contribution in [2.45, 2.75) is 24.8 Å². The Balaban J connectivity index is 1.68. The summed E-state index contributed by atoms with van der Waals surface area (Å²) < 4.78 is 6.87. The van der Waals surface area contributed by atoms with Gasteiger partial charge in [0.25, 0.3) is 0 Å². The van der Waals surface area contributed by atoms with Crippen LogP contribution in [0.3, 0.4) is 0 Å². The molecule has 6 heteroatoms. The maximum Gasteiger partial charge on any atom is 0.337 e. The molecule has 4 aromatic rings. The van der Waals surface area contributed by atoms with E-state index in [1.165, 1.54) is 23.6 Å². The van der Waals surface area contributed by atoms with Crippen molar-refractivity contribution < 1.29 is 9.53 Å². The molecule has 0 aliphatic heterocycles. The first-order chi connectivity index (χ1) is 13.1. The van der Waals surface area contributed by atoms with Crippen molar-refractivity contribution in [2.24, 2.45) is 0 Å². The lowest BCUT2D eigenvalue weighted by Gasteiger charge is -2.10. The number of hydrogen-bond donors (Lipinski definition) is 0. The van der Waals surface area contributed by atoms with Crippen LogP contribution in [0.5, 0.6) is 0 Å². The summed E-state index contributed by atoms with van der Waals surface area (Å²) in [5, 5.41) is 10.8. The molecule has 27 heavy (non-hydrogen) atoms. The van der Waals surface area contributed by atoms with Crippen LogP contribution < -0.4 is 0 Å². The Morgan fingerprint density at radius 3 is 2.59 bits per heavy atom. The van der Waals surface area contributed by atoms with Gasteiger partial charge in [-0.1, -0.05) is 42.1 Å². The molecule has 2 aromatic heterocycles. The number of nitrogens with zero attached hydrogens (tertiary/aromatic N) is 3. The molecule has 0 aliphatic carbocycles. The molecule has 0 saturated carbocycles. The normalized spacial score (nSPS) is 11.2. The quantitative estimate of drug-likeness (QED) is 0.385. The lowest BCUT2D eigenvalue weighted by molar-refractivity contribution is 0.0600. The van der Waals surface area contributed by atoms with Gasteiger partial charge in [0.2, 0.25) is 0 Å². The van der Waals surface area contributed by atoms with Crippen LogP contribution >= 0.6 is 11.8 Å². The molecule has 0 amide bonds. The molecule has 4 rings (SSSR count). The van der Waals surface area contributed by atoms with Crippen LogP contribution in [0.15, 0.2) is 53.7 Å². The molecule has 0 saturated heterocycles. The van der Waals surface area contributed by atoms with E-state index in [0.29, 0.717) is 5.56 Å². The van der Waals surface area contributed by atoms with Crippen molar-refractivity contribution in [2.75, 3.05) is 7.11 Å². The van der Waals surface area contributed by atoms with Crippen molar-refractivity contribution in [3.05, 3.63) is 70.8 Å². The van der Waals surface area contributed by atoms with Crippen LogP contribution in [-0.4, -0.2) is 27.7 Å². The second-order valence-electron chi connectivity index (χ2n) is 6.45. The number of fused-ring (bicyclic) bond motifs is 3. The third-order valence-corrected chi connectivity index (χ3v) is 5.63. The van der Waals surface area contributed by atoms with E-state index in [4.69, 9.17) is 4.74 Å². The fourth-order valence-electron chi connectivity index (χ4n) is 3.23. The zero-order valence-electron chi connectivity index (χ0n) is 15.4. The number of pyridine rings is 1. The molecule has 0 aliphatic rings. The smallest absolute Gasteiger partial charge is 0.337 e. The second-order valence-corrected chi connectivity index (χ2v) is 7.39. The summed E-state index contributed by atoms with van der Waals surface area (Å²) in [7, 11) is 1.39. The molecule has 0 spiro atoms. The number of ether oxygens (including phenoxy) is 1. The van der Waals surface area contributed by atoms with E-state index in [-0.39, 0.29) is 5.97 Å². The summed E-state index contributed by atoms with van der Waals surface area (Å²) in [6.07, 6.45) is 0. The molecule has 0 fully saturated rings. The Kier molecular flexibility index (Phi) is 4.58. The molecular formula is C21H19N3O2S. The summed E-state index contributed by atoms with van der Waals surface area (Å²) in [6.45, 7) is 4.22. The highest BCUT2D eigenvalue weighted by Crippen LogP contribution is 2.29. The molecule has 2 aromatic carbocycles.